The summed E-state index contributed by atoms with van der Waals surface area (Å²) in [5, 5.41) is 20.5. The lowest BCUT2D eigenvalue weighted by Gasteiger charge is -2.11. The molecule has 0 radical (unpaired) electrons. The van der Waals surface area contributed by atoms with Gasteiger partial charge >= 0.3 is 0 Å². The number of aromatic hydroxyl groups is 1. The van der Waals surface area contributed by atoms with Crippen LogP contribution in [0, 0.1) is 17.1 Å². The van der Waals surface area contributed by atoms with E-state index in [1.807, 2.05) is 34.9 Å². The van der Waals surface area contributed by atoms with Gasteiger partial charge in [-0.05, 0) is 36.4 Å². The van der Waals surface area contributed by atoms with Gasteiger partial charge in [-0.1, -0.05) is 18.2 Å². The molecule has 1 N–H and O–H groups in total. The van der Waals surface area contributed by atoms with Crippen LogP contribution in [0.2, 0.25) is 0 Å². The molecule has 4 rings (SSSR count). The van der Waals surface area contributed by atoms with E-state index in [4.69, 9.17) is 0 Å². The third-order valence-electron chi connectivity index (χ3n) is 4.10. The second-order valence-electron chi connectivity index (χ2n) is 5.57. The molecule has 0 aliphatic heterocycles. The van der Waals surface area contributed by atoms with Crippen molar-refractivity contribution in [2.45, 2.75) is 0 Å². The van der Waals surface area contributed by atoms with E-state index in [0.29, 0.717) is 27.7 Å². The Morgan fingerprint density at radius 2 is 1.72 bits per heavy atom. The molecule has 0 aliphatic carbocycles. The fraction of sp³-hybridized carbons (Fsp3) is 0. The fourth-order valence-corrected chi connectivity index (χ4v) is 3.05. The number of fused-ring (bicyclic) bond motifs is 1. The highest BCUT2D eigenvalue weighted by molar-refractivity contribution is 5.99. The Balaban J connectivity index is 2.18. The molecule has 4 nitrogen and oxygen atoms in total. The van der Waals surface area contributed by atoms with E-state index in [-0.39, 0.29) is 11.6 Å². The number of nitriles is 1. The molecule has 0 saturated heterocycles. The zero-order valence-electron chi connectivity index (χ0n) is 13.0. The standard InChI is InChI=1S/C20H12FN3O/c21-14-8-6-13(7-9-14)20-16(10-22)19-17(11-23-12-18(19)25)24(20)15-4-2-1-3-5-15/h1-9,11-12,25H. The van der Waals surface area contributed by atoms with E-state index in [0.717, 1.165) is 5.69 Å². The summed E-state index contributed by atoms with van der Waals surface area (Å²) in [6, 6.07) is 17.6. The van der Waals surface area contributed by atoms with Crippen molar-refractivity contribution >= 4 is 10.9 Å². The van der Waals surface area contributed by atoms with Crippen molar-refractivity contribution in [3.05, 3.63) is 78.4 Å². The minimum Gasteiger partial charge on any atom is -0.506 e. The molecule has 120 valence electrons. The normalized spacial score (nSPS) is 10.7. The van der Waals surface area contributed by atoms with Crippen molar-refractivity contribution < 1.29 is 9.50 Å². The minimum atomic E-state index is -0.353. The van der Waals surface area contributed by atoms with Gasteiger partial charge in [0.1, 0.15) is 17.6 Å². The van der Waals surface area contributed by atoms with Gasteiger partial charge in [-0.3, -0.25) is 4.98 Å². The maximum absolute atomic E-state index is 13.4. The lowest BCUT2D eigenvalue weighted by atomic mass is 10.1. The molecule has 4 aromatic rings. The highest BCUT2D eigenvalue weighted by Crippen LogP contribution is 2.39. The van der Waals surface area contributed by atoms with Gasteiger partial charge in [0.15, 0.2) is 0 Å². The van der Waals surface area contributed by atoms with Crippen LogP contribution in [0.1, 0.15) is 5.56 Å². The first kappa shape index (κ1) is 14.9. The Labute approximate surface area is 143 Å². The summed E-state index contributed by atoms with van der Waals surface area (Å²) in [5.74, 6) is -0.416. The molecule has 0 bridgehead atoms. The van der Waals surface area contributed by atoms with E-state index in [1.54, 1.807) is 18.3 Å². The molecule has 2 heterocycles. The van der Waals surface area contributed by atoms with Crippen LogP contribution in [-0.4, -0.2) is 14.7 Å². The Morgan fingerprint density at radius 1 is 1.00 bits per heavy atom. The maximum Gasteiger partial charge on any atom is 0.144 e. The summed E-state index contributed by atoms with van der Waals surface area (Å²) in [7, 11) is 0. The zero-order valence-corrected chi connectivity index (χ0v) is 13.0. The predicted octanol–water partition coefficient (Wildman–Crippen LogP) is 4.41. The lowest BCUT2D eigenvalue weighted by molar-refractivity contribution is 0.479. The first-order valence-electron chi connectivity index (χ1n) is 7.63. The summed E-state index contributed by atoms with van der Waals surface area (Å²) in [5.41, 5.74) is 3.03. The second kappa shape index (κ2) is 5.77. The molecule has 0 unspecified atom stereocenters. The molecule has 0 atom stereocenters. The van der Waals surface area contributed by atoms with E-state index in [1.165, 1.54) is 18.3 Å². The monoisotopic (exact) mass is 329 g/mol. The largest absolute Gasteiger partial charge is 0.506 e. The molecule has 2 aromatic heterocycles. The predicted molar refractivity (Wildman–Crippen MR) is 92.8 cm³/mol. The minimum absolute atomic E-state index is 0.0629. The second-order valence-corrected chi connectivity index (χ2v) is 5.57. The van der Waals surface area contributed by atoms with Crippen molar-refractivity contribution in [3.63, 3.8) is 0 Å². The Hall–Kier alpha value is -3.65. The molecule has 0 aliphatic rings. The van der Waals surface area contributed by atoms with E-state index in [2.05, 4.69) is 11.1 Å². The Bertz CT molecular complexity index is 1110. The highest BCUT2D eigenvalue weighted by Gasteiger charge is 2.22. The van der Waals surface area contributed by atoms with Gasteiger partial charge in [-0.25, -0.2) is 4.39 Å². The SMILES string of the molecule is N#Cc1c(-c2ccc(F)cc2)n(-c2ccccc2)c2cncc(O)c12. The Kier molecular flexibility index (Phi) is 3.44. The number of para-hydroxylation sites is 1. The quantitative estimate of drug-likeness (QED) is 0.592. The first-order valence-corrected chi connectivity index (χ1v) is 7.63. The van der Waals surface area contributed by atoms with E-state index in [9.17, 15) is 14.8 Å². The van der Waals surface area contributed by atoms with Crippen LogP contribution in [0.4, 0.5) is 4.39 Å². The van der Waals surface area contributed by atoms with Crippen LogP contribution in [-0.2, 0) is 0 Å². The molecule has 0 saturated carbocycles. The van der Waals surface area contributed by atoms with Gasteiger partial charge in [0.05, 0.1) is 34.6 Å². The molecule has 0 spiro atoms. The topological polar surface area (TPSA) is 61.8 Å². The van der Waals surface area contributed by atoms with E-state index < -0.39 is 0 Å². The van der Waals surface area contributed by atoms with Gasteiger partial charge in [0.2, 0.25) is 0 Å². The zero-order chi connectivity index (χ0) is 17.4. The molecular weight excluding hydrogens is 317 g/mol. The van der Waals surface area contributed by atoms with Crippen LogP contribution in [0.25, 0.3) is 27.8 Å². The molecule has 5 heteroatoms. The van der Waals surface area contributed by atoms with Crippen molar-refractivity contribution in [2.75, 3.05) is 0 Å². The summed E-state index contributed by atoms with van der Waals surface area (Å²) in [4.78, 5) is 4.05. The first-order chi connectivity index (χ1) is 12.2. The van der Waals surface area contributed by atoms with Crippen LogP contribution in [0.3, 0.4) is 0 Å². The highest BCUT2D eigenvalue weighted by atomic mass is 19.1. The number of hydrogen-bond acceptors (Lipinski definition) is 3. The number of aromatic nitrogens is 2. The molecule has 25 heavy (non-hydrogen) atoms. The summed E-state index contributed by atoms with van der Waals surface area (Å²) in [6.07, 6.45) is 2.92. The third kappa shape index (κ3) is 2.32. The van der Waals surface area contributed by atoms with Crippen LogP contribution < -0.4 is 0 Å². The number of nitrogens with zero attached hydrogens (tertiary/aromatic N) is 3. The van der Waals surface area contributed by atoms with Crippen LogP contribution >= 0.6 is 0 Å². The smallest absolute Gasteiger partial charge is 0.144 e. The van der Waals surface area contributed by atoms with Gasteiger partial charge in [0.25, 0.3) is 0 Å². The van der Waals surface area contributed by atoms with Gasteiger partial charge < -0.3 is 9.67 Å². The van der Waals surface area contributed by atoms with Crippen molar-refractivity contribution in [2.24, 2.45) is 0 Å². The Morgan fingerprint density at radius 3 is 2.40 bits per heavy atom. The van der Waals surface area contributed by atoms with Crippen molar-refractivity contribution in [1.29, 1.82) is 5.26 Å². The van der Waals surface area contributed by atoms with Crippen molar-refractivity contribution in [1.82, 2.24) is 9.55 Å². The van der Waals surface area contributed by atoms with Crippen LogP contribution in [0.5, 0.6) is 5.75 Å². The van der Waals surface area contributed by atoms with Crippen molar-refractivity contribution in [3.8, 4) is 28.8 Å². The number of halogens is 1. The summed E-state index contributed by atoms with van der Waals surface area (Å²) in [6.45, 7) is 0. The lowest BCUT2D eigenvalue weighted by Crippen LogP contribution is -1.97. The average molecular weight is 329 g/mol. The van der Waals surface area contributed by atoms with E-state index >= 15 is 0 Å². The molecule has 2 aromatic carbocycles. The number of hydrogen-bond donors (Lipinski definition) is 1. The fourth-order valence-electron chi connectivity index (χ4n) is 3.05. The van der Waals surface area contributed by atoms with Crippen LogP contribution in [0.15, 0.2) is 67.0 Å². The summed E-state index contributed by atoms with van der Waals surface area (Å²) < 4.78 is 15.2. The molecule has 0 amide bonds. The number of pyridine rings is 1. The molecule has 0 fully saturated rings. The maximum atomic E-state index is 13.4. The number of benzene rings is 2. The van der Waals surface area contributed by atoms with Gasteiger partial charge in [0, 0.05) is 11.3 Å². The van der Waals surface area contributed by atoms with Gasteiger partial charge in [-0.2, -0.15) is 5.26 Å². The summed E-state index contributed by atoms with van der Waals surface area (Å²) >= 11 is 0. The third-order valence-corrected chi connectivity index (χ3v) is 4.10. The number of rotatable bonds is 2. The molecular formula is C20H12FN3O. The van der Waals surface area contributed by atoms with Gasteiger partial charge in [-0.15, -0.1) is 0 Å². The average Bonchev–Trinajstić information content (AvgIpc) is 2.98.